The molecule has 0 atom stereocenters. The first-order chi connectivity index (χ1) is 8.95. The summed E-state index contributed by atoms with van der Waals surface area (Å²) in [4.78, 5) is 24.6. The van der Waals surface area contributed by atoms with Crippen LogP contribution in [0.2, 0.25) is 5.02 Å². The van der Waals surface area contributed by atoms with E-state index >= 15 is 0 Å². The molecular weight excluding hydrogens is 271 g/mol. The molecule has 0 aliphatic carbocycles. The van der Waals surface area contributed by atoms with Crippen molar-refractivity contribution < 1.29 is 14.0 Å². The summed E-state index contributed by atoms with van der Waals surface area (Å²) in [6.45, 7) is 2.35. The third-order valence-electron chi connectivity index (χ3n) is 2.46. The van der Waals surface area contributed by atoms with E-state index in [1.807, 2.05) is 6.92 Å². The minimum absolute atomic E-state index is 0.120. The molecule has 1 N–H and O–H groups in total. The fourth-order valence-corrected chi connectivity index (χ4v) is 1.65. The Bertz CT molecular complexity index is 480. The van der Waals surface area contributed by atoms with Gasteiger partial charge in [-0.2, -0.15) is 0 Å². The zero-order valence-corrected chi connectivity index (χ0v) is 11.6. The van der Waals surface area contributed by atoms with Gasteiger partial charge in [0.25, 0.3) is 5.91 Å². The lowest BCUT2D eigenvalue weighted by Crippen LogP contribution is -2.38. The van der Waals surface area contributed by atoms with Crippen LogP contribution in [0.25, 0.3) is 0 Å². The van der Waals surface area contributed by atoms with E-state index in [4.69, 9.17) is 11.6 Å². The van der Waals surface area contributed by atoms with Gasteiger partial charge in [-0.25, -0.2) is 4.39 Å². The summed E-state index contributed by atoms with van der Waals surface area (Å²) in [5.41, 5.74) is -0.140. The molecule has 0 fully saturated rings. The van der Waals surface area contributed by atoms with Gasteiger partial charge < -0.3 is 10.2 Å². The van der Waals surface area contributed by atoms with Crippen molar-refractivity contribution >= 4 is 23.4 Å². The summed E-state index contributed by atoms with van der Waals surface area (Å²) in [5.74, 6) is -1.51. The van der Waals surface area contributed by atoms with Gasteiger partial charge >= 0.3 is 0 Å². The zero-order valence-electron chi connectivity index (χ0n) is 10.9. The number of hydrogen-bond acceptors (Lipinski definition) is 2. The molecule has 1 rings (SSSR count). The number of likely N-dealkylation sites (N-methyl/N-ethyl adjacent to an activating group) is 1. The van der Waals surface area contributed by atoms with Crippen LogP contribution in [-0.2, 0) is 4.79 Å². The smallest absolute Gasteiger partial charge is 0.257 e. The third-order valence-corrected chi connectivity index (χ3v) is 2.69. The monoisotopic (exact) mass is 286 g/mol. The zero-order chi connectivity index (χ0) is 14.4. The number of nitrogens with one attached hydrogen (secondary N) is 1. The number of hydrogen-bond donors (Lipinski definition) is 1. The van der Waals surface area contributed by atoms with Crippen LogP contribution in [0.3, 0.4) is 0 Å². The van der Waals surface area contributed by atoms with Gasteiger partial charge in [-0.15, -0.1) is 0 Å². The van der Waals surface area contributed by atoms with Gasteiger partial charge in [-0.1, -0.05) is 18.5 Å². The fourth-order valence-electron chi connectivity index (χ4n) is 1.47. The lowest BCUT2D eigenvalue weighted by atomic mass is 10.2. The van der Waals surface area contributed by atoms with Crippen molar-refractivity contribution in [3.63, 3.8) is 0 Å². The maximum Gasteiger partial charge on any atom is 0.257 e. The number of rotatable bonds is 5. The fraction of sp³-hybridized carbons (Fsp3) is 0.385. The Morgan fingerprint density at radius 2 is 2.11 bits per heavy atom. The molecule has 0 aliphatic rings. The van der Waals surface area contributed by atoms with Crippen molar-refractivity contribution in [3.8, 4) is 0 Å². The summed E-state index contributed by atoms with van der Waals surface area (Å²) in [6, 6.07) is 3.74. The quantitative estimate of drug-likeness (QED) is 0.901. The minimum atomic E-state index is -0.657. The van der Waals surface area contributed by atoms with Crippen molar-refractivity contribution in [2.45, 2.75) is 13.3 Å². The normalized spacial score (nSPS) is 10.1. The first-order valence-corrected chi connectivity index (χ1v) is 6.30. The maximum atomic E-state index is 13.5. The first kappa shape index (κ1) is 15.4. The molecule has 0 unspecified atom stereocenters. The highest BCUT2D eigenvalue weighted by molar-refractivity contribution is 6.31. The van der Waals surface area contributed by atoms with Crippen LogP contribution in [0.1, 0.15) is 23.7 Å². The Hall–Kier alpha value is -1.62. The second kappa shape index (κ2) is 7.09. The molecule has 0 bridgehead atoms. The van der Waals surface area contributed by atoms with E-state index in [0.717, 1.165) is 17.4 Å². The number of carbonyl (C=O) groups excluding carboxylic acids is 2. The summed E-state index contributed by atoms with van der Waals surface area (Å²) in [6.07, 6.45) is 0.812. The lowest BCUT2D eigenvalue weighted by molar-refractivity contribution is -0.121. The topological polar surface area (TPSA) is 49.4 Å². The minimum Gasteiger partial charge on any atom is -0.355 e. The number of amides is 2. The molecule has 0 heterocycles. The van der Waals surface area contributed by atoms with E-state index in [9.17, 15) is 14.0 Å². The van der Waals surface area contributed by atoms with E-state index in [-0.39, 0.29) is 23.0 Å². The number of benzene rings is 1. The Kier molecular flexibility index (Phi) is 5.76. The molecule has 0 aromatic heterocycles. The van der Waals surface area contributed by atoms with E-state index in [1.165, 1.54) is 19.2 Å². The van der Waals surface area contributed by atoms with Crippen molar-refractivity contribution in [2.24, 2.45) is 0 Å². The SMILES string of the molecule is CCCNC(=O)CN(C)C(=O)c1cc(Cl)ccc1F. The number of nitrogens with zero attached hydrogens (tertiary/aromatic N) is 1. The second-order valence-corrected chi connectivity index (χ2v) is 4.57. The molecule has 0 saturated heterocycles. The summed E-state index contributed by atoms with van der Waals surface area (Å²) >= 11 is 5.72. The molecule has 6 heteroatoms. The van der Waals surface area contributed by atoms with E-state index in [1.54, 1.807) is 0 Å². The molecule has 1 aromatic rings. The van der Waals surface area contributed by atoms with E-state index in [2.05, 4.69) is 5.32 Å². The van der Waals surface area contributed by atoms with E-state index in [0.29, 0.717) is 6.54 Å². The molecule has 0 saturated carbocycles. The van der Waals surface area contributed by atoms with Gasteiger partial charge in [0.2, 0.25) is 5.91 Å². The van der Waals surface area contributed by atoms with Gasteiger partial charge in [0.1, 0.15) is 5.82 Å². The largest absolute Gasteiger partial charge is 0.355 e. The average Bonchev–Trinajstić information content (AvgIpc) is 2.38. The van der Waals surface area contributed by atoms with Crippen molar-refractivity contribution in [2.75, 3.05) is 20.1 Å². The van der Waals surface area contributed by atoms with Crippen molar-refractivity contribution in [3.05, 3.63) is 34.6 Å². The Morgan fingerprint density at radius 3 is 2.74 bits per heavy atom. The van der Waals surface area contributed by atoms with Gasteiger partial charge in [0.05, 0.1) is 12.1 Å². The van der Waals surface area contributed by atoms with Crippen LogP contribution in [0.4, 0.5) is 4.39 Å². The summed E-state index contributed by atoms with van der Waals surface area (Å²) in [7, 11) is 1.44. The van der Waals surface area contributed by atoms with Gasteiger partial charge in [0, 0.05) is 18.6 Å². The Labute approximate surface area is 116 Å². The van der Waals surface area contributed by atoms with Crippen LogP contribution >= 0.6 is 11.6 Å². The molecule has 4 nitrogen and oxygen atoms in total. The third kappa shape index (κ3) is 4.52. The molecule has 0 spiro atoms. The highest BCUT2D eigenvalue weighted by Crippen LogP contribution is 2.16. The Balaban J connectivity index is 2.71. The van der Waals surface area contributed by atoms with Crippen LogP contribution in [0.15, 0.2) is 18.2 Å². The van der Waals surface area contributed by atoms with Crippen molar-refractivity contribution in [1.82, 2.24) is 10.2 Å². The highest BCUT2D eigenvalue weighted by Gasteiger charge is 2.18. The second-order valence-electron chi connectivity index (χ2n) is 4.14. The molecule has 19 heavy (non-hydrogen) atoms. The molecular formula is C13H16ClFN2O2. The highest BCUT2D eigenvalue weighted by atomic mass is 35.5. The standard InChI is InChI=1S/C13H16ClFN2O2/c1-3-6-16-12(18)8-17(2)13(19)10-7-9(14)4-5-11(10)15/h4-5,7H,3,6,8H2,1-2H3,(H,16,18). The lowest BCUT2D eigenvalue weighted by Gasteiger charge is -2.17. The van der Waals surface area contributed by atoms with Crippen LogP contribution < -0.4 is 5.32 Å². The Morgan fingerprint density at radius 1 is 1.42 bits per heavy atom. The molecule has 0 radical (unpaired) electrons. The van der Waals surface area contributed by atoms with Gasteiger partial charge in [-0.3, -0.25) is 9.59 Å². The maximum absolute atomic E-state index is 13.5. The number of halogens is 2. The van der Waals surface area contributed by atoms with Gasteiger partial charge in [0.15, 0.2) is 0 Å². The molecule has 1 aromatic carbocycles. The van der Waals surface area contributed by atoms with Crippen molar-refractivity contribution in [1.29, 1.82) is 0 Å². The molecule has 2 amide bonds. The van der Waals surface area contributed by atoms with Gasteiger partial charge in [-0.05, 0) is 24.6 Å². The predicted molar refractivity (Wildman–Crippen MR) is 71.7 cm³/mol. The predicted octanol–water partition coefficient (Wildman–Crippen LogP) is 2.08. The average molecular weight is 287 g/mol. The van der Waals surface area contributed by atoms with Crippen LogP contribution in [-0.4, -0.2) is 36.9 Å². The van der Waals surface area contributed by atoms with E-state index < -0.39 is 11.7 Å². The van der Waals surface area contributed by atoms with Crippen LogP contribution in [0.5, 0.6) is 0 Å². The molecule has 104 valence electrons. The number of carbonyl (C=O) groups is 2. The van der Waals surface area contributed by atoms with Crippen LogP contribution in [0, 0.1) is 5.82 Å². The summed E-state index contributed by atoms with van der Waals surface area (Å²) < 4.78 is 13.5. The molecule has 0 aliphatic heterocycles. The summed E-state index contributed by atoms with van der Waals surface area (Å²) in [5, 5.41) is 2.91. The first-order valence-electron chi connectivity index (χ1n) is 5.93.